The van der Waals surface area contributed by atoms with E-state index in [4.69, 9.17) is 4.43 Å². The van der Waals surface area contributed by atoms with Crippen molar-refractivity contribution in [2.24, 2.45) is 5.92 Å². The summed E-state index contributed by atoms with van der Waals surface area (Å²) in [6.45, 7) is 9.38. The van der Waals surface area contributed by atoms with E-state index in [0.29, 0.717) is 18.1 Å². The second-order valence-corrected chi connectivity index (χ2v) is 16.1. The van der Waals surface area contributed by atoms with Gasteiger partial charge in [-0.05, 0) is 39.7 Å². The van der Waals surface area contributed by atoms with Crippen LogP contribution in [0.1, 0.15) is 39.2 Å². The van der Waals surface area contributed by atoms with Gasteiger partial charge in [-0.1, -0.05) is 112 Å². The number of nitrogens with zero attached hydrogens (tertiary/aromatic N) is 1. The SMILES string of the molecule is CC(C)(C)[Si](OC1C2CC3CC(N2)C1N(Cc1ccccc1)C3)(c1ccccc1)c1ccccc1. The summed E-state index contributed by atoms with van der Waals surface area (Å²) in [6, 6.07) is 34.7. The molecule has 35 heavy (non-hydrogen) atoms. The predicted octanol–water partition coefficient (Wildman–Crippen LogP) is 4.57. The Morgan fingerprint density at radius 2 is 1.34 bits per heavy atom. The van der Waals surface area contributed by atoms with Gasteiger partial charge in [-0.25, -0.2) is 0 Å². The molecule has 0 aromatic heterocycles. The van der Waals surface area contributed by atoms with Crippen LogP contribution in [-0.2, 0) is 11.0 Å². The molecule has 3 nitrogen and oxygen atoms in total. The van der Waals surface area contributed by atoms with Gasteiger partial charge >= 0.3 is 0 Å². The van der Waals surface area contributed by atoms with Gasteiger partial charge in [0.2, 0.25) is 0 Å². The van der Waals surface area contributed by atoms with Gasteiger partial charge in [0.05, 0.1) is 12.1 Å². The van der Waals surface area contributed by atoms with E-state index in [0.717, 1.165) is 12.5 Å². The first kappa shape index (κ1) is 23.2. The molecule has 3 bridgehead atoms. The second-order valence-electron chi connectivity index (χ2n) is 11.9. The quantitative estimate of drug-likeness (QED) is 0.521. The maximum atomic E-state index is 7.78. The Morgan fingerprint density at radius 3 is 1.91 bits per heavy atom. The molecule has 1 N–H and O–H groups in total. The van der Waals surface area contributed by atoms with Crippen LogP contribution in [0.2, 0.25) is 5.04 Å². The number of benzene rings is 3. The molecule has 3 fully saturated rings. The molecular formula is C31H38N2OSi. The largest absolute Gasteiger partial charge is 0.401 e. The van der Waals surface area contributed by atoms with E-state index in [1.54, 1.807) is 0 Å². The summed E-state index contributed by atoms with van der Waals surface area (Å²) in [5.74, 6) is 0.763. The number of fused-ring (bicyclic) bond motifs is 2. The summed E-state index contributed by atoms with van der Waals surface area (Å²) >= 11 is 0. The van der Waals surface area contributed by atoms with Gasteiger partial charge in [-0.15, -0.1) is 0 Å². The van der Waals surface area contributed by atoms with Crippen LogP contribution in [0.5, 0.6) is 0 Å². The predicted molar refractivity (Wildman–Crippen MR) is 147 cm³/mol. The molecule has 5 atom stereocenters. The summed E-state index contributed by atoms with van der Waals surface area (Å²) in [4.78, 5) is 2.75. The average Bonchev–Trinajstić information content (AvgIpc) is 3.05. The summed E-state index contributed by atoms with van der Waals surface area (Å²) < 4.78 is 7.78. The lowest BCUT2D eigenvalue weighted by Crippen LogP contribution is -2.69. The van der Waals surface area contributed by atoms with Crippen LogP contribution in [-0.4, -0.2) is 44.0 Å². The number of rotatable bonds is 6. The van der Waals surface area contributed by atoms with Crippen molar-refractivity contribution in [3.63, 3.8) is 0 Å². The van der Waals surface area contributed by atoms with Gasteiger partial charge in [-0.3, -0.25) is 4.90 Å². The van der Waals surface area contributed by atoms with E-state index < -0.39 is 8.32 Å². The Labute approximate surface area is 211 Å². The van der Waals surface area contributed by atoms with E-state index in [1.807, 2.05) is 0 Å². The van der Waals surface area contributed by atoms with Crippen LogP contribution in [0.15, 0.2) is 91.0 Å². The van der Waals surface area contributed by atoms with Crippen molar-refractivity contribution in [2.45, 2.75) is 69.4 Å². The van der Waals surface area contributed by atoms with E-state index in [-0.39, 0.29) is 11.1 Å². The van der Waals surface area contributed by atoms with Crippen molar-refractivity contribution < 1.29 is 4.43 Å². The molecule has 0 radical (unpaired) electrons. The van der Waals surface area contributed by atoms with Crippen LogP contribution < -0.4 is 15.7 Å². The van der Waals surface area contributed by atoms with Crippen molar-refractivity contribution in [2.75, 3.05) is 6.54 Å². The molecule has 3 aliphatic heterocycles. The zero-order chi connectivity index (χ0) is 24.0. The molecule has 3 aromatic rings. The summed E-state index contributed by atoms with van der Waals surface area (Å²) in [5, 5.41) is 6.77. The van der Waals surface area contributed by atoms with Gasteiger partial charge < -0.3 is 9.74 Å². The highest BCUT2D eigenvalue weighted by atomic mass is 28.4. The van der Waals surface area contributed by atoms with Gasteiger partial charge in [0.15, 0.2) is 0 Å². The molecular weight excluding hydrogens is 444 g/mol. The minimum Gasteiger partial charge on any atom is -0.401 e. The van der Waals surface area contributed by atoms with Gasteiger partial charge in [0.1, 0.15) is 0 Å². The Morgan fingerprint density at radius 1 is 0.800 bits per heavy atom. The van der Waals surface area contributed by atoms with Crippen LogP contribution in [0.4, 0.5) is 0 Å². The minimum atomic E-state index is -2.60. The number of hydrogen-bond donors (Lipinski definition) is 1. The number of hydrogen-bond acceptors (Lipinski definition) is 3. The monoisotopic (exact) mass is 482 g/mol. The van der Waals surface area contributed by atoms with Gasteiger partial charge in [0.25, 0.3) is 8.32 Å². The number of piperidine rings is 2. The van der Waals surface area contributed by atoms with Crippen LogP contribution in [0.3, 0.4) is 0 Å². The van der Waals surface area contributed by atoms with Crippen molar-refractivity contribution in [1.82, 2.24) is 10.2 Å². The molecule has 4 heteroatoms. The first-order valence-electron chi connectivity index (χ1n) is 13.3. The number of nitrogens with one attached hydrogen (secondary N) is 1. The first-order chi connectivity index (χ1) is 17.0. The van der Waals surface area contributed by atoms with E-state index in [9.17, 15) is 0 Å². The third-order valence-corrected chi connectivity index (χ3v) is 13.7. The maximum absolute atomic E-state index is 7.78. The van der Waals surface area contributed by atoms with Crippen molar-refractivity contribution in [3.8, 4) is 0 Å². The highest BCUT2D eigenvalue weighted by Gasteiger charge is 2.59. The zero-order valence-corrected chi connectivity index (χ0v) is 22.2. The average molecular weight is 483 g/mol. The molecule has 0 aliphatic carbocycles. The lowest BCUT2D eigenvalue weighted by atomic mass is 9.88. The van der Waals surface area contributed by atoms with E-state index in [1.165, 1.54) is 35.3 Å². The van der Waals surface area contributed by atoms with Crippen LogP contribution >= 0.6 is 0 Å². The fraction of sp³-hybridized carbons (Fsp3) is 0.419. The molecule has 182 valence electrons. The van der Waals surface area contributed by atoms with E-state index in [2.05, 4.69) is 122 Å². The Kier molecular flexibility index (Phi) is 5.96. The number of likely N-dealkylation sites (tertiary alicyclic amines) is 1. The highest BCUT2D eigenvalue weighted by Crippen LogP contribution is 2.45. The maximum Gasteiger partial charge on any atom is 0.261 e. The Balaban J connectivity index is 1.44. The summed E-state index contributed by atoms with van der Waals surface area (Å²) in [7, 11) is -2.60. The zero-order valence-electron chi connectivity index (χ0n) is 21.2. The standard InChI is InChI=1S/C31H38N2OSi/c1-31(2,3)35(25-15-9-5-10-16-25,26-17-11-6-12-18-26)34-30-28-20-24-19-27(32-28)29(30)33(22-24)21-23-13-7-4-8-14-23/h4-18,24,27-30,32H,19-22H2,1-3H3. The minimum absolute atomic E-state index is 0.00529. The normalized spacial score (nSPS) is 28.4. The van der Waals surface area contributed by atoms with Crippen molar-refractivity contribution >= 4 is 18.7 Å². The molecule has 5 unspecified atom stereocenters. The first-order valence-corrected chi connectivity index (χ1v) is 15.2. The molecule has 3 saturated heterocycles. The molecule has 3 aliphatic rings. The van der Waals surface area contributed by atoms with E-state index >= 15 is 0 Å². The highest BCUT2D eigenvalue weighted by molar-refractivity contribution is 6.99. The third-order valence-electron chi connectivity index (χ3n) is 8.62. The lowest BCUT2D eigenvalue weighted by Gasteiger charge is -2.47. The van der Waals surface area contributed by atoms with Crippen LogP contribution in [0.25, 0.3) is 0 Å². The second kappa shape index (κ2) is 9.01. The third kappa shape index (κ3) is 4.01. The molecule has 6 rings (SSSR count). The summed E-state index contributed by atoms with van der Waals surface area (Å²) in [6.07, 6.45) is 2.70. The fourth-order valence-electron chi connectivity index (χ4n) is 7.26. The van der Waals surface area contributed by atoms with Gasteiger partial charge in [0, 0.05) is 25.2 Å². The summed E-state index contributed by atoms with van der Waals surface area (Å²) in [5.41, 5.74) is 1.40. The smallest absolute Gasteiger partial charge is 0.261 e. The molecule has 3 heterocycles. The Bertz CT molecular complexity index is 1090. The Hall–Kier alpha value is -2.24. The lowest BCUT2D eigenvalue weighted by molar-refractivity contribution is 0.0456. The molecule has 0 saturated carbocycles. The van der Waals surface area contributed by atoms with Crippen LogP contribution in [0, 0.1) is 5.92 Å². The topological polar surface area (TPSA) is 24.5 Å². The van der Waals surface area contributed by atoms with Crippen molar-refractivity contribution in [3.05, 3.63) is 96.6 Å². The molecule has 0 spiro atoms. The van der Waals surface area contributed by atoms with Gasteiger partial charge in [-0.2, -0.15) is 0 Å². The fourth-order valence-corrected chi connectivity index (χ4v) is 12.0. The molecule has 3 aromatic carbocycles. The van der Waals surface area contributed by atoms with Crippen molar-refractivity contribution in [1.29, 1.82) is 0 Å². The molecule has 0 amide bonds.